The van der Waals surface area contributed by atoms with Gasteiger partial charge in [0, 0.05) is 5.56 Å². The molecule has 2 N–H and O–H groups in total. The minimum Gasteiger partial charge on any atom is -0.463 e. The van der Waals surface area contributed by atoms with E-state index in [1.54, 1.807) is 30.5 Å². The molecule has 94 valence electrons. The van der Waals surface area contributed by atoms with Gasteiger partial charge in [0.05, 0.1) is 6.26 Å². The molecule has 0 atom stereocenters. The average molecular weight is 270 g/mol. The SMILES string of the molecule is Nc1nc(-c2ccco2)c(C(=O)c2ccccc2)s1. The molecule has 0 aliphatic carbocycles. The lowest BCUT2D eigenvalue weighted by Gasteiger charge is -1.99. The quantitative estimate of drug-likeness (QED) is 0.742. The number of anilines is 1. The number of furan rings is 1. The normalized spacial score (nSPS) is 10.5. The van der Waals surface area contributed by atoms with E-state index in [-0.39, 0.29) is 5.78 Å². The van der Waals surface area contributed by atoms with E-state index in [4.69, 9.17) is 10.2 Å². The molecule has 0 bridgehead atoms. The van der Waals surface area contributed by atoms with E-state index in [9.17, 15) is 4.79 Å². The lowest BCUT2D eigenvalue weighted by Crippen LogP contribution is -2.00. The fourth-order valence-corrected chi connectivity index (χ4v) is 2.59. The molecule has 0 aliphatic rings. The number of carbonyl (C=O) groups is 1. The predicted molar refractivity (Wildman–Crippen MR) is 74.1 cm³/mol. The summed E-state index contributed by atoms with van der Waals surface area (Å²) in [4.78, 5) is 17.1. The molecule has 0 aliphatic heterocycles. The second-order valence-electron chi connectivity index (χ2n) is 3.90. The zero-order chi connectivity index (χ0) is 13.2. The zero-order valence-electron chi connectivity index (χ0n) is 9.87. The molecule has 0 unspecified atom stereocenters. The van der Waals surface area contributed by atoms with E-state index in [1.807, 2.05) is 18.2 Å². The van der Waals surface area contributed by atoms with Crippen molar-refractivity contribution in [3.05, 3.63) is 59.2 Å². The van der Waals surface area contributed by atoms with Gasteiger partial charge in [-0.1, -0.05) is 41.7 Å². The first-order chi connectivity index (χ1) is 9.25. The number of aromatic nitrogens is 1. The van der Waals surface area contributed by atoms with Crippen LogP contribution < -0.4 is 5.73 Å². The Morgan fingerprint density at radius 1 is 1.16 bits per heavy atom. The highest BCUT2D eigenvalue weighted by Crippen LogP contribution is 2.31. The number of nitrogens with zero attached hydrogens (tertiary/aromatic N) is 1. The van der Waals surface area contributed by atoms with Crippen LogP contribution in [-0.4, -0.2) is 10.8 Å². The number of hydrogen-bond donors (Lipinski definition) is 1. The third-order valence-corrected chi connectivity index (χ3v) is 3.52. The van der Waals surface area contributed by atoms with Crippen molar-refractivity contribution in [1.29, 1.82) is 0 Å². The van der Waals surface area contributed by atoms with Gasteiger partial charge in [-0.2, -0.15) is 0 Å². The van der Waals surface area contributed by atoms with Gasteiger partial charge in [0.25, 0.3) is 0 Å². The highest BCUT2D eigenvalue weighted by atomic mass is 32.1. The van der Waals surface area contributed by atoms with Crippen molar-refractivity contribution in [2.45, 2.75) is 0 Å². The number of rotatable bonds is 3. The fraction of sp³-hybridized carbons (Fsp3) is 0. The van der Waals surface area contributed by atoms with Crippen molar-refractivity contribution < 1.29 is 9.21 Å². The van der Waals surface area contributed by atoms with E-state index >= 15 is 0 Å². The van der Waals surface area contributed by atoms with Gasteiger partial charge in [0.2, 0.25) is 5.78 Å². The number of carbonyl (C=O) groups excluding carboxylic acids is 1. The van der Waals surface area contributed by atoms with E-state index < -0.39 is 0 Å². The number of ketones is 1. The molecule has 3 aromatic rings. The molecule has 0 amide bonds. The van der Waals surface area contributed by atoms with E-state index in [1.165, 1.54) is 11.3 Å². The summed E-state index contributed by atoms with van der Waals surface area (Å²) in [6.45, 7) is 0. The molecule has 0 saturated carbocycles. The van der Waals surface area contributed by atoms with Gasteiger partial charge in [0.15, 0.2) is 10.9 Å². The number of nitrogens with two attached hydrogens (primary N) is 1. The molecule has 5 heteroatoms. The Balaban J connectivity index is 2.09. The summed E-state index contributed by atoms with van der Waals surface area (Å²) in [5.74, 6) is 0.452. The highest BCUT2D eigenvalue weighted by Gasteiger charge is 2.21. The third-order valence-electron chi connectivity index (χ3n) is 2.64. The van der Waals surface area contributed by atoms with Gasteiger partial charge in [0.1, 0.15) is 10.6 Å². The largest absolute Gasteiger partial charge is 0.463 e. The second-order valence-corrected chi connectivity index (χ2v) is 4.93. The lowest BCUT2D eigenvalue weighted by atomic mass is 10.1. The van der Waals surface area contributed by atoms with Crippen LogP contribution in [0.15, 0.2) is 53.1 Å². The summed E-state index contributed by atoms with van der Waals surface area (Å²) in [5, 5.41) is 0.352. The molecule has 0 fully saturated rings. The molecule has 0 spiro atoms. The molecule has 19 heavy (non-hydrogen) atoms. The summed E-state index contributed by atoms with van der Waals surface area (Å²) >= 11 is 1.17. The maximum atomic E-state index is 12.4. The average Bonchev–Trinajstić information content (AvgIpc) is 3.07. The standard InChI is InChI=1S/C14H10N2O2S/c15-14-16-11(10-7-4-8-18-10)13(19-14)12(17)9-5-2-1-3-6-9/h1-8H,(H2,15,16). The van der Waals surface area contributed by atoms with Gasteiger partial charge in [-0.25, -0.2) is 4.98 Å². The second kappa shape index (κ2) is 4.70. The van der Waals surface area contributed by atoms with Crippen LogP contribution in [0.25, 0.3) is 11.5 Å². The van der Waals surface area contributed by atoms with Crippen LogP contribution >= 0.6 is 11.3 Å². The molecular formula is C14H10N2O2S. The van der Waals surface area contributed by atoms with Crippen LogP contribution in [0.2, 0.25) is 0 Å². The Morgan fingerprint density at radius 3 is 2.63 bits per heavy atom. The predicted octanol–water partition coefficient (Wildman–Crippen LogP) is 3.22. The molecule has 0 saturated heterocycles. The molecule has 3 rings (SSSR count). The number of benzene rings is 1. The maximum Gasteiger partial charge on any atom is 0.205 e. The van der Waals surface area contributed by atoms with Crippen LogP contribution in [0.4, 0.5) is 5.13 Å². The lowest BCUT2D eigenvalue weighted by molar-refractivity contribution is 0.104. The monoisotopic (exact) mass is 270 g/mol. The van der Waals surface area contributed by atoms with Crippen LogP contribution in [0.5, 0.6) is 0 Å². The van der Waals surface area contributed by atoms with Gasteiger partial charge in [-0.15, -0.1) is 0 Å². The third kappa shape index (κ3) is 2.15. The van der Waals surface area contributed by atoms with E-state index in [0.29, 0.717) is 27.0 Å². The van der Waals surface area contributed by atoms with Crippen molar-refractivity contribution in [2.75, 3.05) is 5.73 Å². The first-order valence-corrected chi connectivity index (χ1v) is 6.47. The van der Waals surface area contributed by atoms with Crippen molar-refractivity contribution in [2.24, 2.45) is 0 Å². The molecule has 1 aromatic carbocycles. The van der Waals surface area contributed by atoms with Crippen LogP contribution in [0, 0.1) is 0 Å². The van der Waals surface area contributed by atoms with Crippen LogP contribution in [0.3, 0.4) is 0 Å². The minimum absolute atomic E-state index is 0.0961. The number of thiazole rings is 1. The highest BCUT2D eigenvalue weighted by molar-refractivity contribution is 7.18. The van der Waals surface area contributed by atoms with Crippen LogP contribution in [-0.2, 0) is 0 Å². The smallest absolute Gasteiger partial charge is 0.205 e. The van der Waals surface area contributed by atoms with Crippen molar-refractivity contribution >= 4 is 22.3 Å². The Hall–Kier alpha value is -2.40. The Kier molecular flexibility index (Phi) is 2.89. The number of hydrogen-bond acceptors (Lipinski definition) is 5. The van der Waals surface area contributed by atoms with Gasteiger partial charge >= 0.3 is 0 Å². The minimum atomic E-state index is -0.0961. The van der Waals surface area contributed by atoms with Crippen molar-refractivity contribution in [1.82, 2.24) is 4.98 Å². The summed E-state index contributed by atoms with van der Waals surface area (Å²) < 4.78 is 5.30. The van der Waals surface area contributed by atoms with Crippen molar-refractivity contribution in [3.8, 4) is 11.5 Å². The Morgan fingerprint density at radius 2 is 1.95 bits per heavy atom. The zero-order valence-corrected chi connectivity index (χ0v) is 10.7. The maximum absolute atomic E-state index is 12.4. The Labute approximate surface area is 113 Å². The Bertz CT molecular complexity index is 702. The first kappa shape index (κ1) is 11.7. The molecule has 2 heterocycles. The van der Waals surface area contributed by atoms with Crippen molar-refractivity contribution in [3.63, 3.8) is 0 Å². The molecule has 2 aromatic heterocycles. The number of nitrogen functional groups attached to an aromatic ring is 1. The fourth-order valence-electron chi connectivity index (χ4n) is 1.79. The summed E-state index contributed by atoms with van der Waals surface area (Å²) in [5.41, 5.74) is 6.83. The van der Waals surface area contributed by atoms with Crippen LogP contribution in [0.1, 0.15) is 15.2 Å². The van der Waals surface area contributed by atoms with Gasteiger partial charge in [-0.3, -0.25) is 4.79 Å². The molecule has 4 nitrogen and oxygen atoms in total. The van der Waals surface area contributed by atoms with E-state index in [2.05, 4.69) is 4.98 Å². The first-order valence-electron chi connectivity index (χ1n) is 5.65. The molecular weight excluding hydrogens is 260 g/mol. The molecule has 0 radical (unpaired) electrons. The summed E-state index contributed by atoms with van der Waals surface area (Å²) in [7, 11) is 0. The summed E-state index contributed by atoms with van der Waals surface area (Å²) in [6.07, 6.45) is 1.54. The summed E-state index contributed by atoms with van der Waals surface area (Å²) in [6, 6.07) is 12.6. The van der Waals surface area contributed by atoms with E-state index in [0.717, 1.165) is 0 Å². The van der Waals surface area contributed by atoms with Gasteiger partial charge < -0.3 is 10.2 Å². The topological polar surface area (TPSA) is 69.1 Å². The van der Waals surface area contributed by atoms with Gasteiger partial charge in [-0.05, 0) is 12.1 Å².